The zero-order valence-electron chi connectivity index (χ0n) is 15.1. The topological polar surface area (TPSA) is 56.2 Å². The first kappa shape index (κ1) is 18.9. The van der Waals surface area contributed by atoms with Crippen LogP contribution in [0.1, 0.15) is 0 Å². The summed E-state index contributed by atoms with van der Waals surface area (Å²) in [6, 6.07) is 18.2. The average Bonchev–Trinajstić information content (AvgIpc) is 2.69. The van der Waals surface area contributed by atoms with Gasteiger partial charge in [0.05, 0.1) is 6.61 Å². The van der Waals surface area contributed by atoms with Crippen LogP contribution in [0.15, 0.2) is 54.6 Å². The van der Waals surface area contributed by atoms with Crippen LogP contribution in [0.5, 0.6) is 5.75 Å². The third kappa shape index (κ3) is 5.54. The van der Waals surface area contributed by atoms with Gasteiger partial charge in [-0.2, -0.15) is 0 Å². The second kappa shape index (κ2) is 9.69. The summed E-state index contributed by atoms with van der Waals surface area (Å²) in [5.41, 5.74) is 2.33. The summed E-state index contributed by atoms with van der Waals surface area (Å²) in [6.45, 7) is 5.57. The van der Waals surface area contributed by atoms with Gasteiger partial charge in [0.1, 0.15) is 18.5 Å². The fraction of sp³-hybridized carbons (Fsp3) is 0.429. The normalized spacial score (nSPS) is 17.2. The molecule has 140 valence electrons. The molecule has 0 radical (unpaired) electrons. The number of rotatable bonds is 8. The number of ether oxygens (including phenoxy) is 1. The number of benzene rings is 2. The molecule has 5 nitrogen and oxygen atoms in total. The quantitative estimate of drug-likeness (QED) is 0.754. The summed E-state index contributed by atoms with van der Waals surface area (Å²) in [7, 11) is 0. The molecule has 26 heavy (non-hydrogen) atoms. The minimum Gasteiger partial charge on any atom is -0.491 e. The lowest BCUT2D eigenvalue weighted by Crippen LogP contribution is -2.49. The van der Waals surface area contributed by atoms with Crippen molar-refractivity contribution in [3.8, 4) is 16.9 Å². The van der Waals surface area contributed by atoms with Gasteiger partial charge in [-0.1, -0.05) is 42.5 Å². The summed E-state index contributed by atoms with van der Waals surface area (Å²) in [5, 5.41) is 19.2. The van der Waals surface area contributed by atoms with Gasteiger partial charge >= 0.3 is 0 Å². The van der Waals surface area contributed by atoms with Crippen molar-refractivity contribution in [2.75, 3.05) is 52.5 Å². The fourth-order valence-corrected chi connectivity index (χ4v) is 3.25. The molecule has 0 saturated carbocycles. The van der Waals surface area contributed by atoms with Crippen LogP contribution in [-0.2, 0) is 0 Å². The number of hydrogen-bond acceptors (Lipinski definition) is 5. The Morgan fingerprint density at radius 3 is 2.12 bits per heavy atom. The largest absolute Gasteiger partial charge is 0.491 e. The van der Waals surface area contributed by atoms with Crippen molar-refractivity contribution >= 4 is 0 Å². The van der Waals surface area contributed by atoms with Crippen LogP contribution in [0.25, 0.3) is 11.1 Å². The van der Waals surface area contributed by atoms with E-state index in [4.69, 9.17) is 9.84 Å². The number of aliphatic hydroxyl groups excluding tert-OH is 2. The third-order valence-corrected chi connectivity index (χ3v) is 4.75. The maximum absolute atomic E-state index is 10.2. The van der Waals surface area contributed by atoms with Crippen molar-refractivity contribution in [2.45, 2.75) is 6.10 Å². The second-order valence-corrected chi connectivity index (χ2v) is 6.72. The van der Waals surface area contributed by atoms with Gasteiger partial charge < -0.3 is 14.9 Å². The summed E-state index contributed by atoms with van der Waals surface area (Å²) < 4.78 is 5.74. The van der Waals surface area contributed by atoms with Crippen LogP contribution < -0.4 is 4.74 Å². The van der Waals surface area contributed by atoms with Crippen LogP contribution in [-0.4, -0.2) is 78.6 Å². The first-order valence-electron chi connectivity index (χ1n) is 9.26. The fourth-order valence-electron chi connectivity index (χ4n) is 3.25. The van der Waals surface area contributed by atoms with Crippen molar-refractivity contribution < 1.29 is 14.9 Å². The summed E-state index contributed by atoms with van der Waals surface area (Å²) in [4.78, 5) is 4.49. The molecule has 5 heteroatoms. The molecule has 0 aliphatic carbocycles. The molecule has 0 unspecified atom stereocenters. The van der Waals surface area contributed by atoms with Crippen molar-refractivity contribution in [3.05, 3.63) is 54.6 Å². The van der Waals surface area contributed by atoms with Gasteiger partial charge in [0.15, 0.2) is 0 Å². The van der Waals surface area contributed by atoms with Crippen LogP contribution in [0.2, 0.25) is 0 Å². The van der Waals surface area contributed by atoms with Gasteiger partial charge in [0, 0.05) is 39.3 Å². The van der Waals surface area contributed by atoms with Crippen molar-refractivity contribution in [1.29, 1.82) is 0 Å². The minimum atomic E-state index is -0.506. The van der Waals surface area contributed by atoms with E-state index in [0.29, 0.717) is 13.2 Å². The molecule has 2 aromatic carbocycles. The highest BCUT2D eigenvalue weighted by atomic mass is 16.5. The van der Waals surface area contributed by atoms with E-state index in [1.54, 1.807) is 0 Å². The molecule has 0 bridgehead atoms. The standard InChI is InChI=1S/C21H28N2O3/c24-15-14-22-10-12-23(13-11-22)16-20(25)17-26-21-8-6-19(7-9-21)18-4-2-1-3-5-18/h1-9,20,24-25H,10-17H2/t20-/m0/s1. The highest BCUT2D eigenvalue weighted by Crippen LogP contribution is 2.22. The Hall–Kier alpha value is -1.92. The van der Waals surface area contributed by atoms with Gasteiger partial charge in [-0.05, 0) is 23.3 Å². The average molecular weight is 356 g/mol. The van der Waals surface area contributed by atoms with Crippen molar-refractivity contribution in [3.63, 3.8) is 0 Å². The van der Waals surface area contributed by atoms with E-state index in [1.165, 1.54) is 5.56 Å². The molecule has 0 spiro atoms. The van der Waals surface area contributed by atoms with E-state index >= 15 is 0 Å². The number of nitrogens with zero attached hydrogens (tertiary/aromatic N) is 2. The number of hydrogen-bond donors (Lipinski definition) is 2. The lowest BCUT2D eigenvalue weighted by atomic mass is 10.1. The summed E-state index contributed by atoms with van der Waals surface area (Å²) in [5.74, 6) is 0.775. The molecule has 3 rings (SSSR count). The second-order valence-electron chi connectivity index (χ2n) is 6.72. The predicted octanol–water partition coefficient (Wildman–Crippen LogP) is 1.70. The molecule has 1 atom stereocenters. The monoisotopic (exact) mass is 356 g/mol. The highest BCUT2D eigenvalue weighted by Gasteiger charge is 2.19. The van der Waals surface area contributed by atoms with Gasteiger partial charge in [-0.25, -0.2) is 0 Å². The molecule has 0 amide bonds. The number of β-amino-alcohol motifs (C(OH)–C–C–N with tert-alkyl or cyclic N) is 2. The van der Waals surface area contributed by atoms with Crippen LogP contribution in [0.4, 0.5) is 0 Å². The molecular weight excluding hydrogens is 328 g/mol. The van der Waals surface area contributed by atoms with Crippen molar-refractivity contribution in [1.82, 2.24) is 9.80 Å². The molecule has 1 aliphatic rings. The summed E-state index contributed by atoms with van der Waals surface area (Å²) in [6.07, 6.45) is -0.506. The molecule has 1 saturated heterocycles. The van der Waals surface area contributed by atoms with Gasteiger partial charge in [-0.15, -0.1) is 0 Å². The zero-order valence-corrected chi connectivity index (χ0v) is 15.1. The van der Waals surface area contributed by atoms with Crippen LogP contribution in [0, 0.1) is 0 Å². The molecule has 1 heterocycles. The van der Waals surface area contributed by atoms with Crippen LogP contribution in [0.3, 0.4) is 0 Å². The van der Waals surface area contributed by atoms with Gasteiger partial charge in [0.2, 0.25) is 0 Å². The first-order chi connectivity index (χ1) is 12.7. The molecule has 1 fully saturated rings. The van der Waals surface area contributed by atoms with E-state index in [-0.39, 0.29) is 6.61 Å². The highest BCUT2D eigenvalue weighted by molar-refractivity contribution is 5.63. The van der Waals surface area contributed by atoms with E-state index in [9.17, 15) is 5.11 Å². The Balaban J connectivity index is 1.41. The molecule has 2 N–H and O–H groups in total. The van der Waals surface area contributed by atoms with Crippen LogP contribution >= 0.6 is 0 Å². The molecule has 2 aromatic rings. The third-order valence-electron chi connectivity index (χ3n) is 4.75. The number of aliphatic hydroxyl groups is 2. The maximum Gasteiger partial charge on any atom is 0.119 e. The van der Waals surface area contributed by atoms with E-state index < -0.39 is 6.10 Å². The van der Waals surface area contributed by atoms with Gasteiger partial charge in [-0.3, -0.25) is 9.80 Å². The molecular formula is C21H28N2O3. The SMILES string of the molecule is OCCN1CCN(C[C@H](O)COc2ccc(-c3ccccc3)cc2)CC1. The Morgan fingerprint density at radius 1 is 0.846 bits per heavy atom. The first-order valence-corrected chi connectivity index (χ1v) is 9.26. The zero-order chi connectivity index (χ0) is 18.2. The lowest BCUT2D eigenvalue weighted by molar-refractivity contribution is 0.0428. The smallest absolute Gasteiger partial charge is 0.119 e. The Bertz CT molecular complexity index is 640. The summed E-state index contributed by atoms with van der Waals surface area (Å²) >= 11 is 0. The predicted molar refractivity (Wildman–Crippen MR) is 103 cm³/mol. The molecule has 0 aromatic heterocycles. The van der Waals surface area contributed by atoms with Crippen molar-refractivity contribution in [2.24, 2.45) is 0 Å². The number of piperazine rings is 1. The minimum absolute atomic E-state index is 0.208. The van der Waals surface area contributed by atoms with E-state index in [1.807, 2.05) is 42.5 Å². The van der Waals surface area contributed by atoms with E-state index in [0.717, 1.165) is 44.0 Å². The molecule has 1 aliphatic heterocycles. The van der Waals surface area contributed by atoms with Gasteiger partial charge in [0.25, 0.3) is 0 Å². The lowest BCUT2D eigenvalue weighted by Gasteiger charge is -2.35. The maximum atomic E-state index is 10.2. The Kier molecular flexibility index (Phi) is 7.03. The van der Waals surface area contributed by atoms with E-state index in [2.05, 4.69) is 21.9 Å². The Morgan fingerprint density at radius 2 is 1.46 bits per heavy atom. The Labute approximate surface area is 155 Å².